The van der Waals surface area contributed by atoms with Gasteiger partial charge in [-0.25, -0.2) is 9.97 Å². The van der Waals surface area contributed by atoms with Crippen molar-refractivity contribution in [2.45, 2.75) is 45.3 Å². The molecule has 2 aliphatic rings. The van der Waals surface area contributed by atoms with Gasteiger partial charge in [0.1, 0.15) is 29.4 Å². The van der Waals surface area contributed by atoms with Crippen LogP contribution in [-0.2, 0) is 4.79 Å². The van der Waals surface area contributed by atoms with Gasteiger partial charge in [0, 0.05) is 25.3 Å². The molecule has 5 rings (SSSR count). The van der Waals surface area contributed by atoms with Crippen molar-refractivity contribution in [1.29, 1.82) is 0 Å². The first-order chi connectivity index (χ1) is 17.5. The van der Waals surface area contributed by atoms with Crippen LogP contribution >= 0.6 is 0 Å². The number of nitrogens with zero attached hydrogens (tertiary/aromatic N) is 3. The highest BCUT2D eigenvalue weighted by Gasteiger charge is 2.29. The van der Waals surface area contributed by atoms with Crippen LogP contribution in [0, 0.1) is 0 Å². The molecular weight excluding hydrogens is 466 g/mol. The summed E-state index contributed by atoms with van der Waals surface area (Å²) in [6.45, 7) is 5.09. The summed E-state index contributed by atoms with van der Waals surface area (Å²) in [5, 5.41) is 12.6. The van der Waals surface area contributed by atoms with Crippen LogP contribution in [0.2, 0.25) is 0 Å². The molecule has 1 fully saturated rings. The normalized spacial score (nSPS) is 16.2. The standard InChI is InChI=1S/C25H29N5O6/c1-3-10-34-17-4-5-18-23(36-13-35-18)19(17)21-22-20(27-12-28-21)16(11-26-22)24(32)29-15-6-8-30(9-7-15)25(33)14(2)31/h4-5,11-12,14-15,26,31H,3,6-10,13H2,1-2H3,(H,29,32)/t14-/m0/s1. The van der Waals surface area contributed by atoms with Gasteiger partial charge >= 0.3 is 0 Å². The SMILES string of the molecule is CCCOc1ccc2c(c1-c1ncnc3c(C(=O)NC4CCN(C(=O)[C@H](C)O)CC4)c[nH]c13)OCO2. The van der Waals surface area contributed by atoms with Gasteiger partial charge < -0.3 is 34.5 Å². The van der Waals surface area contributed by atoms with E-state index in [1.165, 1.54) is 13.3 Å². The van der Waals surface area contributed by atoms with Crippen LogP contribution in [0.4, 0.5) is 0 Å². The number of aliphatic hydroxyl groups is 1. The van der Waals surface area contributed by atoms with E-state index in [1.807, 2.05) is 19.1 Å². The van der Waals surface area contributed by atoms with Gasteiger partial charge in [0.05, 0.1) is 23.3 Å². The van der Waals surface area contributed by atoms with Gasteiger partial charge in [-0.1, -0.05) is 6.92 Å². The Kier molecular flexibility index (Phi) is 6.64. The number of fused-ring (bicyclic) bond motifs is 2. The Balaban J connectivity index is 1.40. The Morgan fingerprint density at radius 1 is 1.28 bits per heavy atom. The fourth-order valence-electron chi connectivity index (χ4n) is 4.58. The van der Waals surface area contributed by atoms with Crippen LogP contribution in [0.1, 0.15) is 43.5 Å². The molecule has 4 heterocycles. The number of carbonyl (C=O) groups excluding carboxylic acids is 2. The Morgan fingerprint density at radius 2 is 2.08 bits per heavy atom. The lowest BCUT2D eigenvalue weighted by Crippen LogP contribution is -2.48. The molecule has 190 valence electrons. The van der Waals surface area contributed by atoms with Gasteiger partial charge in [-0.3, -0.25) is 9.59 Å². The minimum Gasteiger partial charge on any atom is -0.493 e. The number of amides is 2. The highest BCUT2D eigenvalue weighted by Crippen LogP contribution is 2.47. The Morgan fingerprint density at radius 3 is 2.83 bits per heavy atom. The second kappa shape index (κ2) is 10.0. The first kappa shape index (κ1) is 23.9. The zero-order valence-corrected chi connectivity index (χ0v) is 20.2. The van der Waals surface area contributed by atoms with Crippen molar-refractivity contribution >= 4 is 22.8 Å². The van der Waals surface area contributed by atoms with E-state index in [1.54, 1.807) is 11.1 Å². The Bertz CT molecular complexity index is 1280. The molecule has 0 radical (unpaired) electrons. The van der Waals surface area contributed by atoms with E-state index in [-0.39, 0.29) is 24.6 Å². The Labute approximate surface area is 207 Å². The first-order valence-electron chi connectivity index (χ1n) is 12.1. The third-order valence-corrected chi connectivity index (χ3v) is 6.41. The number of aromatic nitrogens is 3. The molecule has 3 N–H and O–H groups in total. The quantitative estimate of drug-likeness (QED) is 0.454. The minimum atomic E-state index is -1.02. The number of benzene rings is 1. The lowest BCUT2D eigenvalue weighted by Gasteiger charge is -2.33. The summed E-state index contributed by atoms with van der Waals surface area (Å²) in [7, 11) is 0. The maximum atomic E-state index is 13.2. The number of aromatic amines is 1. The van der Waals surface area contributed by atoms with Gasteiger partial charge in [-0.2, -0.15) is 0 Å². The monoisotopic (exact) mass is 495 g/mol. The summed E-state index contributed by atoms with van der Waals surface area (Å²) in [6, 6.07) is 3.55. The van der Waals surface area contributed by atoms with Crippen molar-refractivity contribution in [2.75, 3.05) is 26.5 Å². The van der Waals surface area contributed by atoms with E-state index in [2.05, 4.69) is 20.3 Å². The molecular formula is C25H29N5O6. The summed E-state index contributed by atoms with van der Waals surface area (Å²) < 4.78 is 17.3. The number of ether oxygens (including phenoxy) is 3. The maximum Gasteiger partial charge on any atom is 0.255 e. The number of H-pyrrole nitrogens is 1. The average Bonchev–Trinajstić information content (AvgIpc) is 3.54. The van der Waals surface area contributed by atoms with E-state index >= 15 is 0 Å². The van der Waals surface area contributed by atoms with Crippen molar-refractivity contribution in [3.8, 4) is 28.5 Å². The summed E-state index contributed by atoms with van der Waals surface area (Å²) >= 11 is 0. The number of aliphatic hydroxyl groups excluding tert-OH is 1. The number of carbonyl (C=O) groups is 2. The summed E-state index contributed by atoms with van der Waals surface area (Å²) in [5.74, 6) is 1.21. The molecule has 0 aliphatic carbocycles. The molecule has 1 atom stereocenters. The molecule has 2 aliphatic heterocycles. The van der Waals surface area contributed by atoms with Gasteiger partial charge in [-0.15, -0.1) is 0 Å². The largest absolute Gasteiger partial charge is 0.493 e. The molecule has 3 aromatic rings. The van der Waals surface area contributed by atoms with E-state index in [9.17, 15) is 14.7 Å². The molecule has 11 heteroatoms. The van der Waals surface area contributed by atoms with E-state index in [0.717, 1.165) is 6.42 Å². The molecule has 0 unspecified atom stereocenters. The number of likely N-dealkylation sites (tertiary alicyclic amines) is 1. The van der Waals surface area contributed by atoms with Crippen LogP contribution in [0.3, 0.4) is 0 Å². The molecule has 11 nitrogen and oxygen atoms in total. The third kappa shape index (κ3) is 4.41. The van der Waals surface area contributed by atoms with Gasteiger partial charge in [0.15, 0.2) is 11.5 Å². The van der Waals surface area contributed by atoms with Crippen molar-refractivity contribution in [3.05, 3.63) is 30.2 Å². The maximum absolute atomic E-state index is 13.2. The number of hydrogen-bond donors (Lipinski definition) is 3. The van der Waals surface area contributed by atoms with Crippen LogP contribution < -0.4 is 19.5 Å². The molecule has 2 amide bonds. The highest BCUT2D eigenvalue weighted by atomic mass is 16.7. The van der Waals surface area contributed by atoms with Crippen molar-refractivity contribution in [1.82, 2.24) is 25.2 Å². The third-order valence-electron chi connectivity index (χ3n) is 6.41. The van der Waals surface area contributed by atoms with Crippen LogP contribution in [0.15, 0.2) is 24.7 Å². The lowest BCUT2D eigenvalue weighted by atomic mass is 10.0. The number of piperidine rings is 1. The topological polar surface area (TPSA) is 139 Å². The number of hydrogen-bond acceptors (Lipinski definition) is 8. The zero-order chi connectivity index (χ0) is 25.2. The fourth-order valence-corrected chi connectivity index (χ4v) is 4.58. The van der Waals surface area contributed by atoms with Crippen LogP contribution in [-0.4, -0.2) is 75.4 Å². The molecule has 36 heavy (non-hydrogen) atoms. The van der Waals surface area contributed by atoms with Crippen LogP contribution in [0.5, 0.6) is 17.2 Å². The van der Waals surface area contributed by atoms with Gasteiger partial charge in [0.2, 0.25) is 6.79 Å². The van der Waals surface area contributed by atoms with E-state index in [4.69, 9.17) is 14.2 Å². The minimum absolute atomic E-state index is 0.0844. The van der Waals surface area contributed by atoms with Crippen molar-refractivity contribution in [3.63, 3.8) is 0 Å². The van der Waals surface area contributed by atoms with Crippen molar-refractivity contribution < 1.29 is 28.9 Å². The molecule has 0 spiro atoms. The summed E-state index contributed by atoms with van der Waals surface area (Å²) in [6.07, 6.45) is 4.08. The highest BCUT2D eigenvalue weighted by molar-refractivity contribution is 6.08. The predicted molar refractivity (Wildman–Crippen MR) is 130 cm³/mol. The smallest absolute Gasteiger partial charge is 0.255 e. The molecule has 1 saturated heterocycles. The number of rotatable bonds is 7. The molecule has 2 aromatic heterocycles. The summed E-state index contributed by atoms with van der Waals surface area (Å²) in [5.41, 5.74) is 2.67. The first-order valence-corrected chi connectivity index (χ1v) is 12.1. The lowest BCUT2D eigenvalue weighted by molar-refractivity contribution is -0.140. The predicted octanol–water partition coefficient (Wildman–Crippen LogP) is 2.24. The molecule has 0 bridgehead atoms. The number of nitrogens with one attached hydrogen (secondary N) is 2. The molecule has 1 aromatic carbocycles. The average molecular weight is 496 g/mol. The van der Waals surface area contributed by atoms with E-state index < -0.39 is 6.10 Å². The molecule has 0 saturated carbocycles. The zero-order valence-electron chi connectivity index (χ0n) is 20.2. The second-order valence-corrected chi connectivity index (χ2v) is 8.92. The Hall–Kier alpha value is -3.86. The van der Waals surface area contributed by atoms with Gasteiger partial charge in [-0.05, 0) is 38.3 Å². The van der Waals surface area contributed by atoms with E-state index in [0.29, 0.717) is 77.6 Å². The van der Waals surface area contributed by atoms with Crippen LogP contribution in [0.25, 0.3) is 22.3 Å². The van der Waals surface area contributed by atoms with Crippen molar-refractivity contribution in [2.24, 2.45) is 0 Å². The fraction of sp³-hybridized carbons (Fsp3) is 0.440. The summed E-state index contributed by atoms with van der Waals surface area (Å²) in [4.78, 5) is 38.9. The second-order valence-electron chi connectivity index (χ2n) is 8.92. The van der Waals surface area contributed by atoms with Gasteiger partial charge in [0.25, 0.3) is 11.8 Å².